The molecule has 10 heavy (non-hydrogen) atoms. The molecule has 1 heteroatoms. The maximum atomic E-state index is 5.83. The Balaban J connectivity index is 3.89. The lowest BCUT2D eigenvalue weighted by Crippen LogP contribution is -1.84. The molecule has 0 spiro atoms. The number of halogens is 1. The zero-order chi connectivity index (χ0) is 7.98. The van der Waals surface area contributed by atoms with Crippen molar-refractivity contribution in [1.82, 2.24) is 0 Å². The summed E-state index contributed by atoms with van der Waals surface area (Å²) in [6.07, 6.45) is 7.07. The second-order valence-electron chi connectivity index (χ2n) is 2.44. The predicted molar refractivity (Wildman–Crippen MR) is 48.2 cm³/mol. The van der Waals surface area contributed by atoms with Crippen molar-refractivity contribution < 1.29 is 0 Å². The van der Waals surface area contributed by atoms with E-state index in [-0.39, 0.29) is 0 Å². The highest BCUT2D eigenvalue weighted by atomic mass is 35.5. The molecule has 0 nitrogen and oxygen atoms in total. The molecular weight excluding hydrogens is 144 g/mol. The van der Waals surface area contributed by atoms with Gasteiger partial charge in [0.2, 0.25) is 0 Å². The molecule has 0 aliphatic carbocycles. The minimum absolute atomic E-state index is 0.587. The largest absolute Gasteiger partial charge is 0.0862 e. The molecule has 0 aliphatic heterocycles. The zero-order valence-corrected chi connectivity index (χ0v) is 7.65. The molecule has 0 aromatic rings. The molecule has 0 fully saturated rings. The van der Waals surface area contributed by atoms with E-state index in [1.807, 2.05) is 19.1 Å². The first kappa shape index (κ1) is 9.77. The molecule has 1 unspecified atom stereocenters. The van der Waals surface area contributed by atoms with Crippen molar-refractivity contribution in [3.8, 4) is 0 Å². The van der Waals surface area contributed by atoms with Gasteiger partial charge in [-0.15, -0.1) is 0 Å². The van der Waals surface area contributed by atoms with Crippen LogP contribution in [0.1, 0.15) is 27.2 Å². The molecule has 0 amide bonds. The van der Waals surface area contributed by atoms with Crippen molar-refractivity contribution in [3.05, 3.63) is 23.3 Å². The second kappa shape index (κ2) is 5.55. The maximum Gasteiger partial charge on any atom is 0.0365 e. The molecule has 58 valence electrons. The third kappa shape index (κ3) is 4.63. The normalized spacial score (nSPS) is 16.2. The van der Waals surface area contributed by atoms with E-state index >= 15 is 0 Å². The van der Waals surface area contributed by atoms with Crippen molar-refractivity contribution in [3.63, 3.8) is 0 Å². The monoisotopic (exact) mass is 158 g/mol. The third-order valence-electron chi connectivity index (χ3n) is 1.41. The molecule has 0 aromatic carbocycles. The molecule has 0 heterocycles. The molecule has 0 saturated carbocycles. The van der Waals surface area contributed by atoms with Crippen molar-refractivity contribution in [1.29, 1.82) is 0 Å². The van der Waals surface area contributed by atoms with E-state index < -0.39 is 0 Å². The van der Waals surface area contributed by atoms with Crippen molar-refractivity contribution >= 4 is 11.6 Å². The van der Waals surface area contributed by atoms with Crippen molar-refractivity contribution in [2.75, 3.05) is 0 Å². The van der Waals surface area contributed by atoms with E-state index in [0.29, 0.717) is 5.92 Å². The van der Waals surface area contributed by atoms with Crippen LogP contribution in [0.3, 0.4) is 0 Å². The number of hydrogen-bond donors (Lipinski definition) is 0. The predicted octanol–water partition coefficient (Wildman–Crippen LogP) is 3.73. The van der Waals surface area contributed by atoms with Gasteiger partial charge < -0.3 is 0 Å². The SMILES string of the molecule is CC=CC(Cl)=CC(C)CC. The Kier molecular flexibility index (Phi) is 5.42. The minimum Gasteiger partial charge on any atom is -0.0862 e. The van der Waals surface area contributed by atoms with Crippen LogP contribution in [0.15, 0.2) is 23.3 Å². The molecule has 0 rings (SSSR count). The molecule has 0 bridgehead atoms. The Bertz CT molecular complexity index is 134. The average Bonchev–Trinajstić information content (AvgIpc) is 1.88. The topological polar surface area (TPSA) is 0 Å². The quantitative estimate of drug-likeness (QED) is 0.549. The molecule has 0 aliphatic rings. The van der Waals surface area contributed by atoms with Gasteiger partial charge in [0, 0.05) is 5.03 Å². The van der Waals surface area contributed by atoms with Gasteiger partial charge in [0.15, 0.2) is 0 Å². The third-order valence-corrected chi connectivity index (χ3v) is 1.67. The Morgan fingerprint density at radius 1 is 1.60 bits per heavy atom. The van der Waals surface area contributed by atoms with Crippen LogP contribution in [-0.2, 0) is 0 Å². The van der Waals surface area contributed by atoms with Gasteiger partial charge in [-0.1, -0.05) is 44.0 Å². The van der Waals surface area contributed by atoms with Gasteiger partial charge in [0.25, 0.3) is 0 Å². The van der Waals surface area contributed by atoms with E-state index in [1.165, 1.54) is 0 Å². The molecule has 0 saturated heterocycles. The van der Waals surface area contributed by atoms with Gasteiger partial charge in [-0.2, -0.15) is 0 Å². The van der Waals surface area contributed by atoms with E-state index in [9.17, 15) is 0 Å². The van der Waals surface area contributed by atoms with Gasteiger partial charge in [0.05, 0.1) is 0 Å². The average molecular weight is 159 g/mol. The van der Waals surface area contributed by atoms with Crippen LogP contribution in [0.25, 0.3) is 0 Å². The summed E-state index contributed by atoms with van der Waals surface area (Å²) in [5.74, 6) is 0.587. The summed E-state index contributed by atoms with van der Waals surface area (Å²) in [4.78, 5) is 0. The smallest absolute Gasteiger partial charge is 0.0365 e. The van der Waals surface area contributed by atoms with Gasteiger partial charge >= 0.3 is 0 Å². The van der Waals surface area contributed by atoms with E-state index in [1.54, 1.807) is 0 Å². The van der Waals surface area contributed by atoms with Gasteiger partial charge in [-0.05, 0) is 18.9 Å². The van der Waals surface area contributed by atoms with Crippen LogP contribution < -0.4 is 0 Å². The van der Waals surface area contributed by atoms with Crippen molar-refractivity contribution in [2.45, 2.75) is 27.2 Å². The fraction of sp³-hybridized carbons (Fsp3) is 0.556. The van der Waals surface area contributed by atoms with Crippen LogP contribution in [0.5, 0.6) is 0 Å². The first-order valence-electron chi connectivity index (χ1n) is 3.70. The summed E-state index contributed by atoms with van der Waals surface area (Å²) in [5.41, 5.74) is 0. The standard InChI is InChI=1S/C9H15Cl/c1-4-6-9(10)7-8(3)5-2/h4,6-8H,5H2,1-3H3. The lowest BCUT2D eigenvalue weighted by Gasteiger charge is -1.99. The number of allylic oxidation sites excluding steroid dienone is 4. The van der Waals surface area contributed by atoms with Crippen LogP contribution in [0, 0.1) is 5.92 Å². The first-order chi connectivity index (χ1) is 4.70. The maximum absolute atomic E-state index is 5.83. The summed E-state index contributed by atoms with van der Waals surface area (Å²) >= 11 is 5.83. The van der Waals surface area contributed by atoms with Gasteiger partial charge in [0.1, 0.15) is 0 Å². The second-order valence-corrected chi connectivity index (χ2v) is 2.87. The summed E-state index contributed by atoms with van der Waals surface area (Å²) in [6.45, 7) is 6.28. The first-order valence-corrected chi connectivity index (χ1v) is 4.08. The Hall–Kier alpha value is -0.230. The molecule has 0 radical (unpaired) electrons. The Morgan fingerprint density at radius 3 is 2.60 bits per heavy atom. The Morgan fingerprint density at radius 2 is 2.20 bits per heavy atom. The number of hydrogen-bond acceptors (Lipinski definition) is 0. The molecule has 0 aromatic heterocycles. The molecule has 1 atom stereocenters. The minimum atomic E-state index is 0.587. The van der Waals surface area contributed by atoms with E-state index in [0.717, 1.165) is 11.5 Å². The lowest BCUT2D eigenvalue weighted by molar-refractivity contribution is 0.697. The van der Waals surface area contributed by atoms with Crippen molar-refractivity contribution in [2.24, 2.45) is 5.92 Å². The zero-order valence-electron chi connectivity index (χ0n) is 6.89. The Labute approximate surface area is 68.6 Å². The van der Waals surface area contributed by atoms with E-state index in [2.05, 4.69) is 19.9 Å². The van der Waals surface area contributed by atoms with Crippen LogP contribution in [-0.4, -0.2) is 0 Å². The summed E-state index contributed by atoms with van der Waals surface area (Å²) < 4.78 is 0. The molecule has 0 N–H and O–H groups in total. The van der Waals surface area contributed by atoms with E-state index in [4.69, 9.17) is 11.6 Å². The highest BCUT2D eigenvalue weighted by molar-refractivity contribution is 6.31. The van der Waals surface area contributed by atoms with Crippen LogP contribution in [0.4, 0.5) is 0 Å². The lowest BCUT2D eigenvalue weighted by atomic mass is 10.1. The van der Waals surface area contributed by atoms with Crippen LogP contribution >= 0.6 is 11.6 Å². The fourth-order valence-corrected chi connectivity index (χ4v) is 0.945. The summed E-state index contributed by atoms with van der Waals surface area (Å²) in [5, 5.41) is 0.844. The van der Waals surface area contributed by atoms with Gasteiger partial charge in [-0.3, -0.25) is 0 Å². The molecular formula is C9H15Cl. The highest BCUT2D eigenvalue weighted by Gasteiger charge is 1.92. The summed E-state index contributed by atoms with van der Waals surface area (Å²) in [7, 11) is 0. The fourth-order valence-electron chi connectivity index (χ4n) is 0.604. The van der Waals surface area contributed by atoms with Gasteiger partial charge in [-0.25, -0.2) is 0 Å². The summed E-state index contributed by atoms with van der Waals surface area (Å²) in [6, 6.07) is 0. The van der Waals surface area contributed by atoms with Crippen LogP contribution in [0.2, 0.25) is 0 Å². The number of rotatable bonds is 3. The highest BCUT2D eigenvalue weighted by Crippen LogP contribution is 2.10.